The highest BCUT2D eigenvalue weighted by Crippen LogP contribution is 2.41. The molecule has 1 saturated carbocycles. The number of halogens is 1. The smallest absolute Gasteiger partial charge is 0.293 e. The van der Waals surface area contributed by atoms with E-state index in [-0.39, 0.29) is 22.7 Å². The summed E-state index contributed by atoms with van der Waals surface area (Å²) in [7, 11) is 1.60. The van der Waals surface area contributed by atoms with Crippen LogP contribution in [0, 0.1) is 5.82 Å². The van der Waals surface area contributed by atoms with Crippen LogP contribution in [-0.2, 0) is 24.9 Å². The average molecular weight is 606 g/mol. The number of carbonyl (C=O) groups is 1. The molecule has 2 heterocycles. The number of nitrogens with zero attached hydrogens (tertiary/aromatic N) is 3. The van der Waals surface area contributed by atoms with Crippen LogP contribution in [0.25, 0.3) is 27.7 Å². The molecule has 228 valence electrons. The van der Waals surface area contributed by atoms with Gasteiger partial charge in [-0.1, -0.05) is 36.9 Å². The van der Waals surface area contributed by atoms with Crippen molar-refractivity contribution in [3.8, 4) is 16.9 Å². The van der Waals surface area contributed by atoms with Crippen LogP contribution in [0.5, 0.6) is 0 Å². The molecule has 6 rings (SSSR count). The minimum Gasteiger partial charge on any atom is -0.392 e. The monoisotopic (exact) mass is 605 g/mol. The summed E-state index contributed by atoms with van der Waals surface area (Å²) >= 11 is 0. The largest absolute Gasteiger partial charge is 0.392 e. The SMILES string of the molecule is C=CC(=O)NCCc1cccc(Nc2nc(-c3cccc(-n4ccc5cc(C6CC6)cc(F)c5c4=O)c3CO)cn(C)c2=O)c1. The van der Waals surface area contributed by atoms with Crippen LogP contribution in [0.4, 0.5) is 15.9 Å². The van der Waals surface area contributed by atoms with E-state index < -0.39 is 18.0 Å². The summed E-state index contributed by atoms with van der Waals surface area (Å²) in [6.45, 7) is 3.44. The molecule has 3 aromatic carbocycles. The van der Waals surface area contributed by atoms with Gasteiger partial charge in [0, 0.05) is 42.8 Å². The zero-order valence-electron chi connectivity index (χ0n) is 24.7. The van der Waals surface area contributed by atoms with E-state index in [0.29, 0.717) is 52.5 Å². The van der Waals surface area contributed by atoms with Gasteiger partial charge in [0.15, 0.2) is 5.82 Å². The minimum atomic E-state index is -0.559. The Morgan fingerprint density at radius 2 is 1.91 bits per heavy atom. The van der Waals surface area contributed by atoms with Gasteiger partial charge in [0.05, 0.1) is 23.4 Å². The number of aliphatic hydroxyl groups excluding tert-OH is 1. The molecule has 0 unspecified atom stereocenters. The maximum absolute atomic E-state index is 15.2. The second-order valence-electron chi connectivity index (χ2n) is 11.2. The number of fused-ring (bicyclic) bond motifs is 1. The topological polar surface area (TPSA) is 118 Å². The number of aromatic nitrogens is 3. The van der Waals surface area contributed by atoms with Crippen LogP contribution in [0.3, 0.4) is 0 Å². The fourth-order valence-electron chi connectivity index (χ4n) is 5.56. The van der Waals surface area contributed by atoms with Crippen molar-refractivity contribution < 1.29 is 14.3 Å². The van der Waals surface area contributed by atoms with Gasteiger partial charge in [-0.05, 0) is 78.1 Å². The lowest BCUT2D eigenvalue weighted by atomic mass is 10.0. The lowest BCUT2D eigenvalue weighted by Crippen LogP contribution is -2.23. The van der Waals surface area contributed by atoms with Crippen molar-refractivity contribution in [3.05, 3.63) is 129 Å². The molecule has 45 heavy (non-hydrogen) atoms. The number of rotatable bonds is 10. The third-order valence-corrected chi connectivity index (χ3v) is 8.03. The molecule has 0 saturated heterocycles. The molecule has 1 aliphatic rings. The normalized spacial score (nSPS) is 12.7. The van der Waals surface area contributed by atoms with Crippen molar-refractivity contribution in [2.24, 2.45) is 7.05 Å². The molecule has 5 aromatic rings. The molecule has 1 fully saturated rings. The van der Waals surface area contributed by atoms with Crippen LogP contribution in [0.1, 0.15) is 35.4 Å². The Morgan fingerprint density at radius 3 is 2.67 bits per heavy atom. The number of hydrogen-bond donors (Lipinski definition) is 3. The summed E-state index contributed by atoms with van der Waals surface area (Å²) < 4.78 is 18.0. The number of nitrogens with one attached hydrogen (secondary N) is 2. The Balaban J connectivity index is 1.36. The number of anilines is 2. The predicted octanol–water partition coefficient (Wildman–Crippen LogP) is 4.85. The van der Waals surface area contributed by atoms with E-state index in [2.05, 4.69) is 22.2 Å². The fourth-order valence-corrected chi connectivity index (χ4v) is 5.56. The van der Waals surface area contributed by atoms with Gasteiger partial charge in [0.2, 0.25) is 5.91 Å². The summed E-state index contributed by atoms with van der Waals surface area (Å²) in [4.78, 5) is 42.8. The molecule has 0 bridgehead atoms. The number of aryl methyl sites for hydroxylation is 1. The average Bonchev–Trinajstić information content (AvgIpc) is 3.89. The summed E-state index contributed by atoms with van der Waals surface area (Å²) in [6, 6.07) is 17.6. The zero-order chi connectivity index (χ0) is 31.7. The number of hydrogen-bond acceptors (Lipinski definition) is 6. The Labute approximate surface area is 258 Å². The van der Waals surface area contributed by atoms with Gasteiger partial charge in [0.1, 0.15) is 5.82 Å². The molecule has 9 nitrogen and oxygen atoms in total. The van der Waals surface area contributed by atoms with Crippen LogP contribution >= 0.6 is 0 Å². The van der Waals surface area contributed by atoms with Crippen molar-refractivity contribution in [2.45, 2.75) is 31.8 Å². The first kappa shape index (κ1) is 29.7. The van der Waals surface area contributed by atoms with Gasteiger partial charge >= 0.3 is 0 Å². The van der Waals surface area contributed by atoms with Crippen molar-refractivity contribution in [3.63, 3.8) is 0 Å². The van der Waals surface area contributed by atoms with Crippen molar-refractivity contribution in [2.75, 3.05) is 11.9 Å². The zero-order valence-corrected chi connectivity index (χ0v) is 24.7. The van der Waals surface area contributed by atoms with Gasteiger partial charge in [-0.15, -0.1) is 0 Å². The van der Waals surface area contributed by atoms with Gasteiger partial charge in [0.25, 0.3) is 11.1 Å². The third-order valence-electron chi connectivity index (χ3n) is 8.03. The molecular weight excluding hydrogens is 573 g/mol. The summed E-state index contributed by atoms with van der Waals surface area (Å²) in [5, 5.41) is 16.9. The molecule has 0 spiro atoms. The van der Waals surface area contributed by atoms with E-state index >= 15 is 4.39 Å². The van der Waals surface area contributed by atoms with Gasteiger partial charge in [-0.3, -0.25) is 19.0 Å². The number of aliphatic hydroxyl groups is 1. The van der Waals surface area contributed by atoms with Crippen LogP contribution in [0.15, 0.2) is 95.3 Å². The summed E-state index contributed by atoms with van der Waals surface area (Å²) in [5.74, 6) is -0.396. The fraction of sp³-hybridized carbons (Fsp3) is 0.200. The number of pyridine rings is 1. The predicted molar refractivity (Wildman–Crippen MR) is 173 cm³/mol. The van der Waals surface area contributed by atoms with E-state index in [1.165, 1.54) is 21.3 Å². The molecule has 1 amide bonds. The molecule has 3 N–H and O–H groups in total. The standard InChI is InChI=1S/C35H32FN5O4/c1-3-31(43)37-14-12-21-6-4-7-25(16-21)38-33-35(45)40(2)19-29(39-33)26-8-5-9-30(27(26)20-42)41-15-13-23-17-24(22-10-11-22)18-28(36)32(23)34(41)44/h3-9,13,15-19,22,42H,1,10-12,14,20H2,2H3,(H,37,43)(H,38,39). The highest BCUT2D eigenvalue weighted by molar-refractivity contribution is 5.86. The second-order valence-corrected chi connectivity index (χ2v) is 11.2. The van der Waals surface area contributed by atoms with E-state index in [4.69, 9.17) is 0 Å². The third kappa shape index (κ3) is 6.05. The van der Waals surface area contributed by atoms with E-state index in [1.807, 2.05) is 24.3 Å². The van der Waals surface area contributed by atoms with Crippen molar-refractivity contribution in [1.82, 2.24) is 19.4 Å². The molecule has 10 heteroatoms. The summed E-state index contributed by atoms with van der Waals surface area (Å²) in [6.07, 6.45) is 6.99. The molecule has 0 radical (unpaired) electrons. The lowest BCUT2D eigenvalue weighted by molar-refractivity contribution is -0.116. The van der Waals surface area contributed by atoms with Crippen LogP contribution in [-0.4, -0.2) is 31.7 Å². The van der Waals surface area contributed by atoms with Gasteiger partial charge < -0.3 is 20.3 Å². The van der Waals surface area contributed by atoms with E-state index in [0.717, 1.165) is 24.0 Å². The highest BCUT2D eigenvalue weighted by atomic mass is 19.1. The Hall–Kier alpha value is -5.35. The first-order valence-electron chi connectivity index (χ1n) is 14.7. The first-order chi connectivity index (χ1) is 21.8. The maximum Gasteiger partial charge on any atom is 0.293 e. The van der Waals surface area contributed by atoms with Crippen LogP contribution in [0.2, 0.25) is 0 Å². The minimum absolute atomic E-state index is 0.00627. The molecule has 1 aliphatic carbocycles. The molecule has 0 atom stereocenters. The molecule has 0 aliphatic heterocycles. The van der Waals surface area contributed by atoms with Crippen molar-refractivity contribution in [1.29, 1.82) is 0 Å². The lowest BCUT2D eigenvalue weighted by Gasteiger charge is -2.17. The first-order valence-corrected chi connectivity index (χ1v) is 14.7. The molecular formula is C35H32FN5O4. The maximum atomic E-state index is 15.2. The second kappa shape index (κ2) is 12.3. The highest BCUT2D eigenvalue weighted by Gasteiger charge is 2.25. The Bertz CT molecular complexity index is 2080. The Morgan fingerprint density at radius 1 is 1.11 bits per heavy atom. The van der Waals surface area contributed by atoms with Crippen LogP contribution < -0.4 is 21.8 Å². The number of amides is 1. The van der Waals surface area contributed by atoms with Gasteiger partial charge in [-0.2, -0.15) is 0 Å². The van der Waals surface area contributed by atoms with E-state index in [1.54, 1.807) is 49.8 Å². The Kier molecular flexibility index (Phi) is 8.14. The number of benzene rings is 3. The summed E-state index contributed by atoms with van der Waals surface area (Å²) in [5.41, 5.74) is 3.27. The number of carbonyl (C=O) groups excluding carboxylic acids is 1. The van der Waals surface area contributed by atoms with Crippen molar-refractivity contribution >= 4 is 28.2 Å². The van der Waals surface area contributed by atoms with E-state index in [9.17, 15) is 19.5 Å². The quantitative estimate of drug-likeness (QED) is 0.196. The molecule has 2 aromatic heterocycles. The van der Waals surface area contributed by atoms with Gasteiger partial charge in [-0.25, -0.2) is 9.37 Å².